The monoisotopic (exact) mass is 234 g/mol. The van der Waals surface area contributed by atoms with Crippen LogP contribution in [0.4, 0.5) is 4.39 Å². The first-order chi connectivity index (χ1) is 8.20. The Bertz CT molecular complexity index is 482. The zero-order chi connectivity index (χ0) is 12.3. The molecule has 2 rings (SSSR count). The van der Waals surface area contributed by atoms with Gasteiger partial charge in [0.15, 0.2) is 0 Å². The van der Waals surface area contributed by atoms with Crippen molar-refractivity contribution in [2.75, 3.05) is 0 Å². The molecule has 0 amide bonds. The molecule has 17 heavy (non-hydrogen) atoms. The molecule has 0 fully saturated rings. The summed E-state index contributed by atoms with van der Waals surface area (Å²) in [5.41, 5.74) is 4.55. The number of hydrazine groups is 1. The summed E-state index contributed by atoms with van der Waals surface area (Å²) in [7, 11) is 0. The first-order valence-corrected chi connectivity index (χ1v) is 5.45. The van der Waals surface area contributed by atoms with E-state index in [0.717, 1.165) is 16.9 Å². The van der Waals surface area contributed by atoms with Crippen molar-refractivity contribution < 1.29 is 8.81 Å². The minimum Gasteiger partial charge on any atom is -0.469 e. The van der Waals surface area contributed by atoms with Gasteiger partial charge in [0.2, 0.25) is 0 Å². The van der Waals surface area contributed by atoms with E-state index < -0.39 is 0 Å². The van der Waals surface area contributed by atoms with E-state index in [0.29, 0.717) is 6.42 Å². The third-order valence-corrected chi connectivity index (χ3v) is 2.80. The van der Waals surface area contributed by atoms with Gasteiger partial charge in [-0.2, -0.15) is 0 Å². The summed E-state index contributed by atoms with van der Waals surface area (Å²) in [6.07, 6.45) is 2.20. The molecule has 0 aliphatic carbocycles. The molecule has 1 unspecified atom stereocenters. The van der Waals surface area contributed by atoms with Crippen molar-refractivity contribution in [3.05, 3.63) is 59.3 Å². The second kappa shape index (κ2) is 5.12. The number of halogens is 1. The topological polar surface area (TPSA) is 51.2 Å². The lowest BCUT2D eigenvalue weighted by molar-refractivity contribution is 0.452. The fourth-order valence-corrected chi connectivity index (χ4v) is 1.88. The summed E-state index contributed by atoms with van der Waals surface area (Å²) in [6.45, 7) is 1.93. The predicted octanol–water partition coefficient (Wildman–Crippen LogP) is 2.47. The van der Waals surface area contributed by atoms with E-state index in [9.17, 15) is 4.39 Å². The number of furan rings is 1. The molecule has 1 aromatic heterocycles. The molecule has 0 saturated carbocycles. The van der Waals surface area contributed by atoms with Crippen molar-refractivity contribution in [3.63, 3.8) is 0 Å². The van der Waals surface area contributed by atoms with Crippen molar-refractivity contribution >= 4 is 0 Å². The van der Waals surface area contributed by atoms with Gasteiger partial charge >= 0.3 is 0 Å². The average molecular weight is 234 g/mol. The maximum absolute atomic E-state index is 13.2. The number of benzene rings is 1. The Labute approximate surface area is 99.4 Å². The van der Waals surface area contributed by atoms with E-state index in [1.165, 1.54) is 12.1 Å². The molecule has 2 aromatic rings. The van der Waals surface area contributed by atoms with Crippen LogP contribution in [0.5, 0.6) is 0 Å². The molecule has 1 atom stereocenters. The van der Waals surface area contributed by atoms with E-state index in [4.69, 9.17) is 10.3 Å². The maximum atomic E-state index is 13.2. The van der Waals surface area contributed by atoms with E-state index in [1.54, 1.807) is 12.3 Å². The molecule has 1 aromatic carbocycles. The Morgan fingerprint density at radius 3 is 2.88 bits per heavy atom. The third kappa shape index (κ3) is 2.72. The normalized spacial score (nSPS) is 12.6. The second-order valence-electron chi connectivity index (χ2n) is 4.00. The summed E-state index contributed by atoms with van der Waals surface area (Å²) >= 11 is 0. The Hall–Kier alpha value is -1.65. The van der Waals surface area contributed by atoms with Crippen LogP contribution >= 0.6 is 0 Å². The van der Waals surface area contributed by atoms with Gasteiger partial charge in [0.1, 0.15) is 11.6 Å². The number of rotatable bonds is 4. The molecule has 90 valence electrons. The summed E-state index contributed by atoms with van der Waals surface area (Å²) < 4.78 is 18.5. The minimum atomic E-state index is -0.259. The molecular weight excluding hydrogens is 219 g/mol. The average Bonchev–Trinajstić information content (AvgIpc) is 2.82. The van der Waals surface area contributed by atoms with Crippen LogP contribution in [-0.4, -0.2) is 0 Å². The van der Waals surface area contributed by atoms with Crippen molar-refractivity contribution in [1.29, 1.82) is 0 Å². The van der Waals surface area contributed by atoms with Gasteiger partial charge in [0.25, 0.3) is 0 Å². The van der Waals surface area contributed by atoms with Gasteiger partial charge in [0.05, 0.1) is 12.3 Å². The van der Waals surface area contributed by atoms with Crippen LogP contribution in [0.1, 0.15) is 22.9 Å². The van der Waals surface area contributed by atoms with E-state index in [1.807, 2.05) is 19.1 Å². The Morgan fingerprint density at radius 2 is 2.24 bits per heavy atom. The Kier molecular flexibility index (Phi) is 3.56. The van der Waals surface area contributed by atoms with E-state index >= 15 is 0 Å². The standard InChI is InChI=1S/C13H15FN2O/c1-9-4-5-10(14)7-12(9)13(16-15)8-11-3-2-6-17-11/h2-7,13,16H,8,15H2,1H3. The van der Waals surface area contributed by atoms with Gasteiger partial charge in [-0.1, -0.05) is 6.07 Å². The molecular formula is C13H15FN2O. The van der Waals surface area contributed by atoms with Gasteiger partial charge in [-0.15, -0.1) is 0 Å². The van der Waals surface area contributed by atoms with Gasteiger partial charge in [-0.05, 0) is 42.3 Å². The maximum Gasteiger partial charge on any atom is 0.123 e. The summed E-state index contributed by atoms with van der Waals surface area (Å²) in [5.74, 6) is 6.08. The smallest absolute Gasteiger partial charge is 0.123 e. The molecule has 0 aliphatic rings. The lowest BCUT2D eigenvalue weighted by Gasteiger charge is -2.17. The predicted molar refractivity (Wildman–Crippen MR) is 63.6 cm³/mol. The van der Waals surface area contributed by atoms with Crippen molar-refractivity contribution in [2.24, 2.45) is 5.84 Å². The first-order valence-electron chi connectivity index (χ1n) is 5.45. The molecule has 3 nitrogen and oxygen atoms in total. The van der Waals surface area contributed by atoms with Crippen molar-refractivity contribution in [1.82, 2.24) is 5.43 Å². The fourth-order valence-electron chi connectivity index (χ4n) is 1.88. The lowest BCUT2D eigenvalue weighted by atomic mass is 9.98. The number of hydrogen-bond acceptors (Lipinski definition) is 3. The van der Waals surface area contributed by atoms with Crippen LogP contribution in [0.25, 0.3) is 0 Å². The van der Waals surface area contributed by atoms with Gasteiger partial charge in [0, 0.05) is 6.42 Å². The highest BCUT2D eigenvalue weighted by Crippen LogP contribution is 2.22. The van der Waals surface area contributed by atoms with Crippen LogP contribution in [-0.2, 0) is 6.42 Å². The fraction of sp³-hybridized carbons (Fsp3) is 0.231. The minimum absolute atomic E-state index is 0.156. The zero-order valence-electron chi connectivity index (χ0n) is 9.61. The number of nitrogens with one attached hydrogen (secondary N) is 1. The third-order valence-electron chi connectivity index (χ3n) is 2.80. The summed E-state index contributed by atoms with van der Waals surface area (Å²) in [6, 6.07) is 8.23. The number of hydrogen-bond donors (Lipinski definition) is 2. The van der Waals surface area contributed by atoms with E-state index in [-0.39, 0.29) is 11.9 Å². The first kappa shape index (κ1) is 11.8. The Balaban J connectivity index is 2.25. The van der Waals surface area contributed by atoms with Crippen LogP contribution in [0.3, 0.4) is 0 Å². The molecule has 0 radical (unpaired) electrons. The van der Waals surface area contributed by atoms with Crippen LogP contribution < -0.4 is 11.3 Å². The zero-order valence-corrected chi connectivity index (χ0v) is 9.61. The lowest BCUT2D eigenvalue weighted by Crippen LogP contribution is -2.30. The van der Waals surface area contributed by atoms with Gasteiger partial charge < -0.3 is 4.42 Å². The quantitative estimate of drug-likeness (QED) is 0.631. The molecule has 0 aliphatic heterocycles. The van der Waals surface area contributed by atoms with Crippen molar-refractivity contribution in [2.45, 2.75) is 19.4 Å². The molecule has 4 heteroatoms. The molecule has 0 bridgehead atoms. The Morgan fingerprint density at radius 1 is 1.41 bits per heavy atom. The second-order valence-corrected chi connectivity index (χ2v) is 4.00. The van der Waals surface area contributed by atoms with Gasteiger partial charge in [-0.25, -0.2) is 4.39 Å². The highest BCUT2D eigenvalue weighted by Gasteiger charge is 2.15. The van der Waals surface area contributed by atoms with Crippen LogP contribution in [0, 0.1) is 12.7 Å². The van der Waals surface area contributed by atoms with Crippen LogP contribution in [0.15, 0.2) is 41.0 Å². The number of aryl methyl sites for hydroxylation is 1. The van der Waals surface area contributed by atoms with Crippen molar-refractivity contribution in [3.8, 4) is 0 Å². The largest absolute Gasteiger partial charge is 0.469 e. The highest BCUT2D eigenvalue weighted by atomic mass is 19.1. The molecule has 3 N–H and O–H groups in total. The molecule has 0 saturated heterocycles. The summed E-state index contributed by atoms with van der Waals surface area (Å²) in [5, 5.41) is 0. The molecule has 0 spiro atoms. The number of nitrogens with two attached hydrogens (primary N) is 1. The SMILES string of the molecule is Cc1ccc(F)cc1C(Cc1ccco1)NN. The summed E-state index contributed by atoms with van der Waals surface area (Å²) in [4.78, 5) is 0. The van der Waals surface area contributed by atoms with Crippen LogP contribution in [0.2, 0.25) is 0 Å². The van der Waals surface area contributed by atoms with E-state index in [2.05, 4.69) is 5.43 Å². The van der Waals surface area contributed by atoms with Gasteiger partial charge in [-0.3, -0.25) is 11.3 Å². The highest BCUT2D eigenvalue weighted by molar-refractivity contribution is 5.30. The molecule has 1 heterocycles.